The fraction of sp³-hybridized carbons (Fsp3) is 1.00. The van der Waals surface area contributed by atoms with Gasteiger partial charge in [0.15, 0.2) is 0 Å². The Kier molecular flexibility index (Phi) is 1.99. The molecule has 0 saturated carbocycles. The molecule has 0 aromatic carbocycles. The van der Waals surface area contributed by atoms with Crippen LogP contribution in [0.3, 0.4) is 0 Å². The number of likely N-dealkylation sites (N-methyl/N-ethyl adjacent to an activating group) is 1. The minimum Gasteiger partial charge on any atom is -0.356 e. The molecule has 1 rings (SSSR count). The summed E-state index contributed by atoms with van der Waals surface area (Å²) in [5, 5.41) is 9.23. The van der Waals surface area contributed by atoms with E-state index in [9.17, 15) is 5.11 Å². The average Bonchev–Trinajstić information content (AvgIpc) is 2.07. The molecular weight excluding hydrogens is 130 g/mol. The summed E-state index contributed by atoms with van der Waals surface area (Å²) < 4.78 is 5.05. The first-order valence-electron chi connectivity index (χ1n) is 3.64. The van der Waals surface area contributed by atoms with Gasteiger partial charge in [0.05, 0.1) is 6.61 Å². The highest BCUT2D eigenvalue weighted by molar-refractivity contribution is 4.84. The fourth-order valence-corrected chi connectivity index (χ4v) is 1.33. The SMILES string of the molecule is CCN1C(O)OCC1(C)C. The van der Waals surface area contributed by atoms with Crippen molar-refractivity contribution < 1.29 is 9.84 Å². The zero-order valence-corrected chi connectivity index (χ0v) is 6.79. The van der Waals surface area contributed by atoms with Crippen LogP contribution in [0.1, 0.15) is 20.8 Å². The van der Waals surface area contributed by atoms with Crippen LogP contribution in [-0.2, 0) is 4.74 Å². The summed E-state index contributed by atoms with van der Waals surface area (Å²) in [4.78, 5) is 1.92. The van der Waals surface area contributed by atoms with E-state index in [2.05, 4.69) is 13.8 Å². The summed E-state index contributed by atoms with van der Waals surface area (Å²) in [5.41, 5.74) is -0.00579. The predicted octanol–water partition coefficient (Wildman–Crippen LogP) is 0.393. The van der Waals surface area contributed by atoms with Gasteiger partial charge >= 0.3 is 0 Å². The van der Waals surface area contributed by atoms with E-state index < -0.39 is 6.41 Å². The van der Waals surface area contributed by atoms with Crippen molar-refractivity contribution in [3.63, 3.8) is 0 Å². The molecule has 1 aliphatic heterocycles. The monoisotopic (exact) mass is 145 g/mol. The second-order valence-electron chi connectivity index (χ2n) is 3.24. The van der Waals surface area contributed by atoms with Gasteiger partial charge in [0.25, 0.3) is 0 Å². The highest BCUT2D eigenvalue weighted by Crippen LogP contribution is 2.24. The van der Waals surface area contributed by atoms with Crippen molar-refractivity contribution in [2.24, 2.45) is 0 Å². The predicted molar refractivity (Wildman–Crippen MR) is 38.4 cm³/mol. The molecule has 1 unspecified atom stereocenters. The normalized spacial score (nSPS) is 33.0. The van der Waals surface area contributed by atoms with Crippen LogP contribution in [0.4, 0.5) is 0 Å². The summed E-state index contributed by atoms with van der Waals surface area (Å²) >= 11 is 0. The highest BCUT2D eigenvalue weighted by atomic mass is 16.6. The van der Waals surface area contributed by atoms with E-state index in [1.807, 2.05) is 11.8 Å². The minimum absolute atomic E-state index is 0.00579. The Morgan fingerprint density at radius 1 is 1.70 bits per heavy atom. The van der Waals surface area contributed by atoms with E-state index >= 15 is 0 Å². The second-order valence-corrected chi connectivity index (χ2v) is 3.24. The lowest BCUT2D eigenvalue weighted by Crippen LogP contribution is -2.43. The van der Waals surface area contributed by atoms with E-state index in [4.69, 9.17) is 4.74 Å². The second kappa shape index (κ2) is 2.49. The van der Waals surface area contributed by atoms with Crippen LogP contribution in [0.2, 0.25) is 0 Å². The number of hydrogen-bond donors (Lipinski definition) is 1. The van der Waals surface area contributed by atoms with E-state index in [1.165, 1.54) is 0 Å². The molecule has 0 aliphatic carbocycles. The zero-order chi connectivity index (χ0) is 7.78. The molecule has 3 heteroatoms. The molecule has 1 heterocycles. The molecular formula is C7H15NO2. The molecule has 1 atom stereocenters. The van der Waals surface area contributed by atoms with Crippen molar-refractivity contribution in [3.8, 4) is 0 Å². The Balaban J connectivity index is 2.63. The van der Waals surface area contributed by atoms with Crippen LogP contribution in [0.25, 0.3) is 0 Å². The molecule has 60 valence electrons. The Morgan fingerprint density at radius 3 is 2.50 bits per heavy atom. The lowest BCUT2D eigenvalue weighted by atomic mass is 10.1. The third-order valence-corrected chi connectivity index (χ3v) is 1.97. The van der Waals surface area contributed by atoms with Gasteiger partial charge < -0.3 is 9.84 Å². The highest BCUT2D eigenvalue weighted by Gasteiger charge is 2.38. The molecule has 3 nitrogen and oxygen atoms in total. The molecule has 0 amide bonds. The summed E-state index contributed by atoms with van der Waals surface area (Å²) in [6.45, 7) is 7.58. The summed E-state index contributed by atoms with van der Waals surface area (Å²) in [5.74, 6) is 0. The van der Waals surface area contributed by atoms with Crippen molar-refractivity contribution in [1.29, 1.82) is 0 Å². The van der Waals surface area contributed by atoms with Crippen molar-refractivity contribution >= 4 is 0 Å². The minimum atomic E-state index is -0.694. The Labute approximate surface area is 61.6 Å². The smallest absolute Gasteiger partial charge is 0.216 e. The molecule has 0 bridgehead atoms. The third-order valence-electron chi connectivity index (χ3n) is 1.97. The molecule has 0 radical (unpaired) electrons. The molecule has 10 heavy (non-hydrogen) atoms. The summed E-state index contributed by atoms with van der Waals surface area (Å²) in [6, 6.07) is 0. The van der Waals surface area contributed by atoms with Crippen molar-refractivity contribution in [3.05, 3.63) is 0 Å². The van der Waals surface area contributed by atoms with Gasteiger partial charge in [-0.2, -0.15) is 0 Å². The van der Waals surface area contributed by atoms with Crippen LogP contribution in [0.5, 0.6) is 0 Å². The quantitative estimate of drug-likeness (QED) is 0.579. The van der Waals surface area contributed by atoms with Crippen LogP contribution in [0.15, 0.2) is 0 Å². The Morgan fingerprint density at radius 2 is 2.30 bits per heavy atom. The van der Waals surface area contributed by atoms with Crippen LogP contribution in [0, 0.1) is 0 Å². The summed E-state index contributed by atoms with van der Waals surface area (Å²) in [7, 11) is 0. The molecule has 0 aromatic rings. The van der Waals surface area contributed by atoms with Crippen molar-refractivity contribution in [2.45, 2.75) is 32.7 Å². The van der Waals surface area contributed by atoms with Crippen LogP contribution >= 0.6 is 0 Å². The Hall–Kier alpha value is -0.120. The van der Waals surface area contributed by atoms with Crippen LogP contribution in [-0.4, -0.2) is 35.1 Å². The third kappa shape index (κ3) is 1.17. The molecule has 1 fully saturated rings. The van der Waals surface area contributed by atoms with Gasteiger partial charge in [0.1, 0.15) is 0 Å². The lowest BCUT2D eigenvalue weighted by Gasteiger charge is -2.29. The number of hydrogen-bond acceptors (Lipinski definition) is 3. The molecule has 1 aliphatic rings. The van der Waals surface area contributed by atoms with E-state index in [1.54, 1.807) is 0 Å². The number of aliphatic hydroxyl groups excluding tert-OH is 1. The van der Waals surface area contributed by atoms with Gasteiger partial charge in [-0.3, -0.25) is 0 Å². The topological polar surface area (TPSA) is 32.7 Å². The first kappa shape index (κ1) is 7.98. The first-order valence-corrected chi connectivity index (χ1v) is 3.64. The Bertz CT molecular complexity index is 125. The van der Waals surface area contributed by atoms with Gasteiger partial charge in [0, 0.05) is 12.1 Å². The average molecular weight is 145 g/mol. The van der Waals surface area contributed by atoms with Gasteiger partial charge in [-0.1, -0.05) is 6.92 Å². The van der Waals surface area contributed by atoms with Crippen LogP contribution < -0.4 is 0 Å². The number of nitrogens with zero attached hydrogens (tertiary/aromatic N) is 1. The van der Waals surface area contributed by atoms with E-state index in [0.717, 1.165) is 6.54 Å². The number of aliphatic hydroxyl groups is 1. The standard InChI is InChI=1S/C7H15NO2/c1-4-8-6(9)10-5-7(8,2)3/h6,9H,4-5H2,1-3H3. The molecule has 1 saturated heterocycles. The lowest BCUT2D eigenvalue weighted by molar-refractivity contribution is -0.137. The number of ether oxygens (including phenoxy) is 1. The van der Waals surface area contributed by atoms with E-state index in [-0.39, 0.29) is 5.54 Å². The van der Waals surface area contributed by atoms with Crippen molar-refractivity contribution in [2.75, 3.05) is 13.2 Å². The van der Waals surface area contributed by atoms with Gasteiger partial charge in [-0.25, -0.2) is 4.90 Å². The molecule has 0 aromatic heterocycles. The maximum Gasteiger partial charge on any atom is 0.216 e. The number of rotatable bonds is 1. The summed E-state index contributed by atoms with van der Waals surface area (Å²) in [6.07, 6.45) is -0.694. The zero-order valence-electron chi connectivity index (χ0n) is 6.79. The maximum atomic E-state index is 9.23. The van der Waals surface area contributed by atoms with Gasteiger partial charge in [-0.15, -0.1) is 0 Å². The molecule has 0 spiro atoms. The maximum absolute atomic E-state index is 9.23. The first-order chi connectivity index (χ1) is 4.58. The van der Waals surface area contributed by atoms with Gasteiger partial charge in [-0.05, 0) is 13.8 Å². The largest absolute Gasteiger partial charge is 0.356 e. The van der Waals surface area contributed by atoms with E-state index in [0.29, 0.717) is 6.61 Å². The molecule has 1 N–H and O–H groups in total. The van der Waals surface area contributed by atoms with Gasteiger partial charge in [0.2, 0.25) is 6.41 Å². The van der Waals surface area contributed by atoms with Crippen molar-refractivity contribution in [1.82, 2.24) is 4.90 Å². The fourth-order valence-electron chi connectivity index (χ4n) is 1.33.